The number of hydrogen-bond acceptors (Lipinski definition) is 6. The fourth-order valence-electron chi connectivity index (χ4n) is 5.84. The third kappa shape index (κ3) is 5.63. The van der Waals surface area contributed by atoms with Crippen LogP contribution in [0.25, 0.3) is 5.57 Å². The number of anilines is 1. The molecule has 0 radical (unpaired) electrons. The molecule has 9 nitrogen and oxygen atoms in total. The summed E-state index contributed by atoms with van der Waals surface area (Å²) in [6.45, 7) is 1.87. The fourth-order valence-corrected chi connectivity index (χ4v) is 6.02. The van der Waals surface area contributed by atoms with E-state index in [-0.39, 0.29) is 34.8 Å². The Bertz CT molecular complexity index is 1670. The molecule has 3 aliphatic rings. The fraction of sp³-hybridized carbons (Fsp3) is 0.250. The lowest BCUT2D eigenvalue weighted by Crippen LogP contribution is -2.49. The van der Waals surface area contributed by atoms with Gasteiger partial charge in [0, 0.05) is 30.8 Å². The average molecular weight is 603 g/mol. The van der Waals surface area contributed by atoms with Gasteiger partial charge in [0.2, 0.25) is 6.10 Å². The molecular formula is C32H28ClFN4O5. The first-order valence-electron chi connectivity index (χ1n) is 14.0. The van der Waals surface area contributed by atoms with Crippen LogP contribution in [0.3, 0.4) is 0 Å². The number of carbonyl (C=O) groups excluding carboxylic acids is 2. The molecule has 0 saturated carbocycles. The Morgan fingerprint density at radius 3 is 2.56 bits per heavy atom. The lowest BCUT2D eigenvalue weighted by Gasteiger charge is -2.38. The predicted octanol–water partition coefficient (Wildman–Crippen LogP) is 4.81. The Balaban J connectivity index is 1.31. The van der Waals surface area contributed by atoms with E-state index in [1.54, 1.807) is 6.07 Å². The van der Waals surface area contributed by atoms with E-state index in [1.165, 1.54) is 46.9 Å². The van der Waals surface area contributed by atoms with Crippen molar-refractivity contribution in [2.45, 2.75) is 31.4 Å². The minimum atomic E-state index is -1.08. The van der Waals surface area contributed by atoms with Crippen molar-refractivity contribution in [2.24, 2.45) is 5.16 Å². The van der Waals surface area contributed by atoms with Gasteiger partial charge in [0.1, 0.15) is 6.04 Å². The van der Waals surface area contributed by atoms with Gasteiger partial charge in [0.15, 0.2) is 5.82 Å². The van der Waals surface area contributed by atoms with Crippen molar-refractivity contribution < 1.29 is 28.7 Å². The van der Waals surface area contributed by atoms with E-state index in [9.17, 15) is 23.9 Å². The number of carboxylic acid groups (broad SMARTS) is 1. The van der Waals surface area contributed by atoms with Gasteiger partial charge in [0.25, 0.3) is 11.8 Å². The molecule has 2 amide bonds. The van der Waals surface area contributed by atoms with Crippen LogP contribution >= 0.6 is 11.6 Å². The lowest BCUT2D eigenvalue weighted by atomic mass is 9.84. The van der Waals surface area contributed by atoms with Crippen molar-refractivity contribution in [2.75, 3.05) is 25.0 Å². The number of rotatable bonds is 6. The third-order valence-corrected chi connectivity index (χ3v) is 8.26. The number of fused-ring (bicyclic) bond motifs is 1. The molecule has 0 saturated heterocycles. The Labute approximate surface area is 252 Å². The van der Waals surface area contributed by atoms with Gasteiger partial charge in [-0.2, -0.15) is 0 Å². The molecule has 3 aromatic carbocycles. The number of nitrogens with zero attached hydrogens (tertiary/aromatic N) is 2. The van der Waals surface area contributed by atoms with Gasteiger partial charge < -0.3 is 25.5 Å². The maximum atomic E-state index is 14.7. The molecule has 0 unspecified atom stereocenters. The number of carbonyl (C=O) groups is 3. The number of benzene rings is 3. The molecule has 0 spiro atoms. The molecule has 220 valence electrons. The molecule has 43 heavy (non-hydrogen) atoms. The van der Waals surface area contributed by atoms with Crippen molar-refractivity contribution >= 4 is 46.4 Å². The molecule has 0 aromatic heterocycles. The highest BCUT2D eigenvalue weighted by Crippen LogP contribution is 2.37. The summed E-state index contributed by atoms with van der Waals surface area (Å²) < 4.78 is 14.7. The van der Waals surface area contributed by atoms with Crippen LogP contribution < -0.4 is 10.6 Å². The molecule has 3 aliphatic heterocycles. The number of amides is 2. The van der Waals surface area contributed by atoms with Crippen LogP contribution in [0.4, 0.5) is 10.1 Å². The van der Waals surface area contributed by atoms with Crippen LogP contribution in [-0.4, -0.2) is 59.2 Å². The summed E-state index contributed by atoms with van der Waals surface area (Å²) in [5.74, 6) is -2.61. The van der Waals surface area contributed by atoms with Gasteiger partial charge in [-0.15, -0.1) is 0 Å². The molecule has 6 rings (SSSR count). The van der Waals surface area contributed by atoms with Crippen molar-refractivity contribution in [1.29, 1.82) is 0 Å². The largest absolute Gasteiger partial charge is 0.478 e. The summed E-state index contributed by atoms with van der Waals surface area (Å²) in [5.41, 5.74) is 4.87. The van der Waals surface area contributed by atoms with Crippen LogP contribution in [0.15, 0.2) is 71.9 Å². The van der Waals surface area contributed by atoms with Gasteiger partial charge in [-0.05, 0) is 78.0 Å². The molecule has 3 heterocycles. The maximum absolute atomic E-state index is 14.7. The van der Waals surface area contributed by atoms with Crippen LogP contribution in [-0.2, 0) is 20.8 Å². The topological polar surface area (TPSA) is 120 Å². The minimum absolute atomic E-state index is 0.0182. The van der Waals surface area contributed by atoms with Gasteiger partial charge in [-0.25, -0.2) is 9.18 Å². The number of aromatic carboxylic acids is 1. The van der Waals surface area contributed by atoms with Crippen molar-refractivity contribution in [3.05, 3.63) is 105 Å². The van der Waals surface area contributed by atoms with E-state index >= 15 is 0 Å². The quantitative estimate of drug-likeness (QED) is 0.372. The van der Waals surface area contributed by atoms with E-state index < -0.39 is 35.7 Å². The molecular weight excluding hydrogens is 575 g/mol. The summed E-state index contributed by atoms with van der Waals surface area (Å²) in [6.07, 6.45) is 2.50. The molecule has 3 aromatic rings. The highest BCUT2D eigenvalue weighted by atomic mass is 35.5. The predicted molar refractivity (Wildman–Crippen MR) is 160 cm³/mol. The van der Waals surface area contributed by atoms with E-state index in [4.69, 9.17) is 16.4 Å². The monoisotopic (exact) mass is 602 g/mol. The Kier molecular flexibility index (Phi) is 7.96. The maximum Gasteiger partial charge on any atom is 0.335 e. The zero-order valence-electron chi connectivity index (χ0n) is 23.0. The Hall–Kier alpha value is -4.54. The first kappa shape index (κ1) is 28.6. The van der Waals surface area contributed by atoms with E-state index in [0.29, 0.717) is 17.7 Å². The highest BCUT2D eigenvalue weighted by Gasteiger charge is 2.42. The van der Waals surface area contributed by atoms with Gasteiger partial charge in [-0.3, -0.25) is 9.59 Å². The van der Waals surface area contributed by atoms with Crippen molar-refractivity contribution in [3.63, 3.8) is 0 Å². The number of oxime groups is 1. The van der Waals surface area contributed by atoms with Crippen molar-refractivity contribution in [3.8, 4) is 0 Å². The van der Waals surface area contributed by atoms with Gasteiger partial charge >= 0.3 is 5.97 Å². The molecule has 11 heteroatoms. The number of carboxylic acids is 1. The minimum Gasteiger partial charge on any atom is -0.478 e. The van der Waals surface area contributed by atoms with Gasteiger partial charge in [0.05, 0.1) is 16.3 Å². The van der Waals surface area contributed by atoms with E-state index in [2.05, 4.69) is 21.9 Å². The zero-order valence-corrected chi connectivity index (χ0v) is 23.7. The highest BCUT2D eigenvalue weighted by molar-refractivity contribution is 6.31. The summed E-state index contributed by atoms with van der Waals surface area (Å²) in [5, 5.41) is 19.3. The number of hydrogen-bond donors (Lipinski definition) is 3. The third-order valence-electron chi connectivity index (χ3n) is 7.97. The second kappa shape index (κ2) is 12.0. The van der Waals surface area contributed by atoms with Crippen LogP contribution in [0.1, 0.15) is 51.5 Å². The molecule has 0 fully saturated rings. The second-order valence-corrected chi connectivity index (χ2v) is 11.0. The molecule has 0 bridgehead atoms. The standard InChI is InChI=1S/C32H28ClFN4O5/c33-25-6-2-5-24(28(25)34)26-17-27(43-37-26)31(40)38-16-13-22-21(18-11-14-35-15-12-18)3-1-4-23(22)29(38)30(39)36-20-9-7-19(8-10-20)32(41)42/h1-11,27,29,35H,12-17H2,(H,36,39)(H,41,42)/t27-,29+/m1/s1. The smallest absolute Gasteiger partial charge is 0.335 e. The average Bonchev–Trinajstić information content (AvgIpc) is 3.52. The van der Waals surface area contributed by atoms with E-state index in [1.807, 2.05) is 18.2 Å². The second-order valence-electron chi connectivity index (χ2n) is 10.6. The van der Waals surface area contributed by atoms with Crippen molar-refractivity contribution in [1.82, 2.24) is 10.2 Å². The summed E-state index contributed by atoms with van der Waals surface area (Å²) in [4.78, 5) is 46.2. The van der Waals surface area contributed by atoms with Crippen LogP contribution in [0.5, 0.6) is 0 Å². The Morgan fingerprint density at radius 2 is 1.81 bits per heavy atom. The summed E-state index contributed by atoms with van der Waals surface area (Å²) >= 11 is 5.95. The first-order valence-corrected chi connectivity index (χ1v) is 14.3. The molecule has 2 atom stereocenters. The summed E-state index contributed by atoms with van der Waals surface area (Å²) in [6, 6.07) is 15.2. The summed E-state index contributed by atoms with van der Waals surface area (Å²) in [7, 11) is 0. The first-order chi connectivity index (χ1) is 20.8. The van der Waals surface area contributed by atoms with E-state index in [0.717, 1.165) is 30.6 Å². The lowest BCUT2D eigenvalue weighted by molar-refractivity contribution is -0.148. The normalized spacial score (nSPS) is 19.5. The number of nitrogens with one attached hydrogen (secondary N) is 2. The zero-order chi connectivity index (χ0) is 30.1. The Morgan fingerprint density at radius 1 is 1.05 bits per heavy atom. The molecule has 0 aliphatic carbocycles. The van der Waals surface area contributed by atoms with Crippen LogP contribution in [0.2, 0.25) is 5.02 Å². The van der Waals surface area contributed by atoms with Gasteiger partial charge in [-0.1, -0.05) is 47.1 Å². The molecule has 3 N–H and O–H groups in total. The van der Waals surface area contributed by atoms with Crippen LogP contribution in [0, 0.1) is 5.82 Å². The SMILES string of the molecule is O=C(O)c1ccc(NC(=O)[C@@H]2c3cccc(C4=CCNCC4)c3CCN2C(=O)[C@H]2CC(c3cccc(Cl)c3F)=NO2)cc1. The number of halogens is 2.